The van der Waals surface area contributed by atoms with Crippen LogP contribution in [0.4, 0.5) is 0 Å². The molecule has 120 valence electrons. The lowest BCUT2D eigenvalue weighted by molar-refractivity contribution is 0.371. The highest BCUT2D eigenvalue weighted by Crippen LogP contribution is 2.27. The van der Waals surface area contributed by atoms with Gasteiger partial charge in [0.15, 0.2) is 7.91 Å². The minimum Gasteiger partial charge on any atom is -0.314 e. The van der Waals surface area contributed by atoms with Gasteiger partial charge in [0.25, 0.3) is 0 Å². The summed E-state index contributed by atoms with van der Waals surface area (Å²) in [6, 6.07) is 11.3. The fourth-order valence-corrected chi connectivity index (χ4v) is 18.6. The topological polar surface area (TPSA) is 6.48 Å². The maximum absolute atomic E-state index is 2.80. The SMILES string of the molecule is CCN(CC)[Si](C)(N(CC)CC)[Si](C)(C)c1ccccc1. The summed E-state index contributed by atoms with van der Waals surface area (Å²) in [7, 11) is -3.22. The Bertz CT molecular complexity index is 400. The zero-order valence-corrected chi connectivity index (χ0v) is 17.1. The van der Waals surface area contributed by atoms with Crippen molar-refractivity contribution in [3.8, 4) is 0 Å². The average Bonchev–Trinajstić information content (AvgIpc) is 2.50. The first-order valence-electron chi connectivity index (χ1n) is 8.45. The van der Waals surface area contributed by atoms with Gasteiger partial charge in [-0.25, -0.2) is 0 Å². The Kier molecular flexibility index (Phi) is 6.85. The van der Waals surface area contributed by atoms with E-state index in [1.54, 1.807) is 5.19 Å². The zero-order valence-electron chi connectivity index (χ0n) is 15.1. The van der Waals surface area contributed by atoms with Crippen LogP contribution in [0.2, 0.25) is 19.6 Å². The average molecular weight is 323 g/mol. The fraction of sp³-hybridized carbons (Fsp3) is 0.647. The molecule has 0 spiro atoms. The van der Waals surface area contributed by atoms with Crippen LogP contribution in [0.25, 0.3) is 0 Å². The van der Waals surface area contributed by atoms with Crippen molar-refractivity contribution in [1.29, 1.82) is 0 Å². The lowest BCUT2D eigenvalue weighted by Gasteiger charge is -2.54. The first-order chi connectivity index (χ1) is 9.89. The molecule has 0 fully saturated rings. The molecular weight excluding hydrogens is 288 g/mol. The number of rotatable bonds is 8. The van der Waals surface area contributed by atoms with Gasteiger partial charge in [-0.15, -0.1) is 0 Å². The summed E-state index contributed by atoms with van der Waals surface area (Å²) in [5.74, 6) is 0. The summed E-state index contributed by atoms with van der Waals surface area (Å²) < 4.78 is 5.61. The Morgan fingerprint density at radius 2 is 1.10 bits per heavy atom. The smallest absolute Gasteiger partial charge is 0.194 e. The van der Waals surface area contributed by atoms with Crippen molar-refractivity contribution in [2.45, 2.75) is 47.3 Å². The van der Waals surface area contributed by atoms with E-state index in [9.17, 15) is 0 Å². The number of hydrogen-bond acceptors (Lipinski definition) is 2. The standard InChI is InChI=1S/C17H34N2Si2/c1-8-18(9-2)21(7,19(10-3)11-4)20(5,6)17-15-13-12-14-16-17/h12-16H,8-11H2,1-7H3. The van der Waals surface area contributed by atoms with Gasteiger partial charge in [-0.3, -0.25) is 0 Å². The van der Waals surface area contributed by atoms with E-state index >= 15 is 0 Å². The molecule has 0 aliphatic heterocycles. The minimum absolute atomic E-state index is 1.17. The summed E-state index contributed by atoms with van der Waals surface area (Å²) in [6.45, 7) is 21.8. The fourth-order valence-electron chi connectivity index (χ4n) is 3.80. The number of hydrogen-bond donors (Lipinski definition) is 0. The summed E-state index contributed by atoms with van der Waals surface area (Å²) in [4.78, 5) is 0. The lowest BCUT2D eigenvalue weighted by atomic mass is 10.4. The van der Waals surface area contributed by atoms with Crippen molar-refractivity contribution in [2.75, 3.05) is 26.2 Å². The second-order valence-electron chi connectivity index (χ2n) is 6.36. The Morgan fingerprint density at radius 3 is 1.43 bits per heavy atom. The number of benzene rings is 1. The Morgan fingerprint density at radius 1 is 0.714 bits per heavy atom. The van der Waals surface area contributed by atoms with Gasteiger partial charge in [0.1, 0.15) is 7.59 Å². The van der Waals surface area contributed by atoms with Gasteiger partial charge in [0.2, 0.25) is 0 Å². The Labute approximate surface area is 134 Å². The summed E-state index contributed by atoms with van der Waals surface area (Å²) in [5, 5.41) is 1.61. The molecule has 0 aromatic heterocycles. The molecule has 1 aromatic rings. The van der Waals surface area contributed by atoms with Crippen molar-refractivity contribution < 1.29 is 0 Å². The third kappa shape index (κ3) is 3.34. The van der Waals surface area contributed by atoms with Crippen LogP contribution in [0.3, 0.4) is 0 Å². The van der Waals surface area contributed by atoms with Crippen LogP contribution in [0.1, 0.15) is 27.7 Å². The van der Waals surface area contributed by atoms with Crippen molar-refractivity contribution in [3.05, 3.63) is 30.3 Å². The molecule has 0 radical (unpaired) electrons. The summed E-state index contributed by atoms with van der Waals surface area (Å²) in [5.41, 5.74) is 0. The van der Waals surface area contributed by atoms with Crippen molar-refractivity contribution in [2.24, 2.45) is 0 Å². The monoisotopic (exact) mass is 322 g/mol. The van der Waals surface area contributed by atoms with Crippen LogP contribution in [-0.4, -0.2) is 50.8 Å². The van der Waals surface area contributed by atoms with E-state index in [-0.39, 0.29) is 0 Å². The first-order valence-corrected chi connectivity index (χ1v) is 14.8. The molecule has 1 rings (SSSR count). The van der Waals surface area contributed by atoms with Crippen LogP contribution < -0.4 is 5.19 Å². The van der Waals surface area contributed by atoms with Crippen molar-refractivity contribution >= 4 is 20.7 Å². The van der Waals surface area contributed by atoms with Crippen LogP contribution in [0.5, 0.6) is 0 Å². The van der Waals surface area contributed by atoms with E-state index in [2.05, 4.69) is 86.8 Å². The lowest BCUT2D eigenvalue weighted by Crippen LogP contribution is -2.80. The second kappa shape index (κ2) is 7.72. The maximum atomic E-state index is 2.80. The predicted molar refractivity (Wildman–Crippen MR) is 101 cm³/mol. The molecule has 21 heavy (non-hydrogen) atoms. The predicted octanol–water partition coefficient (Wildman–Crippen LogP) is 3.44. The van der Waals surface area contributed by atoms with Crippen LogP contribution in [-0.2, 0) is 0 Å². The van der Waals surface area contributed by atoms with E-state index in [0.717, 1.165) is 0 Å². The number of nitrogens with zero attached hydrogens (tertiary/aromatic N) is 2. The quantitative estimate of drug-likeness (QED) is 0.677. The molecule has 1 aromatic carbocycles. The molecule has 0 aliphatic rings. The normalized spacial score (nSPS) is 13.2. The highest BCUT2D eigenvalue weighted by molar-refractivity contribution is 7.43. The highest BCUT2D eigenvalue weighted by Gasteiger charge is 2.53. The maximum Gasteiger partial charge on any atom is 0.194 e. The zero-order chi connectivity index (χ0) is 16.1. The molecule has 2 nitrogen and oxygen atoms in total. The van der Waals surface area contributed by atoms with Gasteiger partial charge in [-0.2, -0.15) is 0 Å². The molecule has 0 aliphatic carbocycles. The Balaban J connectivity index is 3.41. The van der Waals surface area contributed by atoms with Gasteiger partial charge < -0.3 is 9.13 Å². The Hall–Kier alpha value is -0.426. The second-order valence-corrected chi connectivity index (χ2v) is 20.1. The van der Waals surface area contributed by atoms with E-state index in [1.165, 1.54) is 26.2 Å². The molecule has 0 saturated heterocycles. The molecule has 0 bridgehead atoms. The van der Waals surface area contributed by atoms with Crippen molar-refractivity contribution in [1.82, 2.24) is 9.13 Å². The van der Waals surface area contributed by atoms with Gasteiger partial charge in [0.05, 0.1) is 0 Å². The van der Waals surface area contributed by atoms with E-state index in [0.29, 0.717) is 0 Å². The molecule has 0 heterocycles. The molecule has 0 saturated carbocycles. The summed E-state index contributed by atoms with van der Waals surface area (Å²) in [6.07, 6.45) is 0. The third-order valence-electron chi connectivity index (χ3n) is 5.44. The van der Waals surface area contributed by atoms with E-state index < -0.39 is 15.5 Å². The minimum atomic E-state index is -1.67. The van der Waals surface area contributed by atoms with Crippen LogP contribution >= 0.6 is 0 Å². The molecule has 0 N–H and O–H groups in total. The molecule has 0 amide bonds. The van der Waals surface area contributed by atoms with Crippen molar-refractivity contribution in [3.63, 3.8) is 0 Å². The first kappa shape index (κ1) is 18.6. The van der Waals surface area contributed by atoms with E-state index in [4.69, 9.17) is 0 Å². The molecule has 0 unspecified atom stereocenters. The van der Waals surface area contributed by atoms with Crippen LogP contribution in [0, 0.1) is 0 Å². The highest BCUT2D eigenvalue weighted by atomic mass is 29.3. The van der Waals surface area contributed by atoms with E-state index in [1.807, 2.05) is 0 Å². The van der Waals surface area contributed by atoms with Gasteiger partial charge in [0, 0.05) is 0 Å². The van der Waals surface area contributed by atoms with Gasteiger partial charge >= 0.3 is 0 Å². The largest absolute Gasteiger partial charge is 0.314 e. The molecule has 0 atom stereocenters. The molecular formula is C17H34N2Si2. The third-order valence-corrected chi connectivity index (χ3v) is 23.2. The van der Waals surface area contributed by atoms with Gasteiger partial charge in [-0.05, 0) is 32.7 Å². The summed E-state index contributed by atoms with van der Waals surface area (Å²) >= 11 is 0. The van der Waals surface area contributed by atoms with Gasteiger partial charge in [-0.1, -0.05) is 76.3 Å². The van der Waals surface area contributed by atoms with Crippen LogP contribution in [0.15, 0.2) is 30.3 Å². The molecule has 4 heteroatoms.